The number of benzene rings is 2. The molecule has 9 heteroatoms. The molecule has 0 aliphatic carbocycles. The van der Waals surface area contributed by atoms with Crippen molar-refractivity contribution in [1.82, 2.24) is 10.2 Å². The first kappa shape index (κ1) is 32.2. The number of hydrogen-bond acceptors (Lipinski definition) is 6. The molecule has 4 atom stereocenters. The lowest BCUT2D eigenvalue weighted by Crippen LogP contribution is -2.46. The number of nitrogens with one attached hydrogen (secondary N) is 2. The highest BCUT2D eigenvalue weighted by Crippen LogP contribution is 2.40. The van der Waals surface area contributed by atoms with Gasteiger partial charge in [-0.05, 0) is 64.0 Å². The molecule has 2 aliphatic heterocycles. The van der Waals surface area contributed by atoms with Gasteiger partial charge in [-0.15, -0.1) is 0 Å². The van der Waals surface area contributed by atoms with Gasteiger partial charge < -0.3 is 20.5 Å². The van der Waals surface area contributed by atoms with Crippen LogP contribution in [0.1, 0.15) is 89.8 Å². The van der Waals surface area contributed by atoms with Crippen LogP contribution in [-0.4, -0.2) is 63.5 Å². The number of amides is 1. The minimum absolute atomic E-state index is 0.121. The van der Waals surface area contributed by atoms with E-state index in [1.165, 1.54) is 0 Å². The van der Waals surface area contributed by atoms with E-state index in [2.05, 4.69) is 10.2 Å². The van der Waals surface area contributed by atoms with E-state index in [1.54, 1.807) is 0 Å². The fourth-order valence-corrected chi connectivity index (χ4v) is 6.43. The Balaban J connectivity index is 1.33. The molecule has 4 N–H and O–H groups in total. The van der Waals surface area contributed by atoms with Crippen molar-refractivity contribution in [1.29, 1.82) is 5.41 Å². The van der Waals surface area contributed by atoms with E-state index in [0.717, 1.165) is 43.4 Å². The number of nitrogens with zero attached hydrogens (tertiary/aromatic N) is 2. The first-order valence-electron chi connectivity index (χ1n) is 15.5. The zero-order chi connectivity index (χ0) is 31.0. The second-order valence-electron chi connectivity index (χ2n) is 12.7. The number of esters is 1. The Bertz CT molecular complexity index is 1270. The summed E-state index contributed by atoms with van der Waals surface area (Å²) >= 11 is 0. The Morgan fingerprint density at radius 2 is 1.74 bits per heavy atom. The molecule has 3 unspecified atom stereocenters. The first-order valence-corrected chi connectivity index (χ1v) is 15.5. The Morgan fingerprint density at radius 1 is 1.07 bits per heavy atom. The lowest BCUT2D eigenvalue weighted by atomic mass is 9.94. The van der Waals surface area contributed by atoms with Crippen molar-refractivity contribution in [2.24, 2.45) is 5.73 Å². The second-order valence-corrected chi connectivity index (χ2v) is 12.7. The van der Waals surface area contributed by atoms with Crippen molar-refractivity contribution in [3.63, 3.8) is 0 Å². The molecule has 0 saturated carbocycles. The minimum atomic E-state index is -0.570. The number of amidine groups is 2. The van der Waals surface area contributed by atoms with Gasteiger partial charge in [-0.2, -0.15) is 5.41 Å². The third kappa shape index (κ3) is 9.13. The Hall–Kier alpha value is -3.72. The van der Waals surface area contributed by atoms with Gasteiger partial charge in [0.05, 0.1) is 12.1 Å². The van der Waals surface area contributed by atoms with Gasteiger partial charge in [-0.25, -0.2) is 9.37 Å². The van der Waals surface area contributed by atoms with Crippen molar-refractivity contribution in [3.05, 3.63) is 71.8 Å². The monoisotopic (exact) mass is 590 g/mol. The van der Waals surface area contributed by atoms with E-state index in [4.69, 9.17) is 20.6 Å². The topological polar surface area (TPSA) is 121 Å². The molecule has 0 radical (unpaired) electrons. The number of fused-ring (bicyclic) bond motifs is 2. The van der Waals surface area contributed by atoms with Gasteiger partial charge in [-0.1, -0.05) is 60.7 Å². The van der Waals surface area contributed by atoms with Crippen LogP contribution in [0.4, 0.5) is 4.79 Å². The van der Waals surface area contributed by atoms with E-state index >= 15 is 0 Å². The highest BCUT2D eigenvalue weighted by Gasteiger charge is 2.49. The number of carbonyl (C=O) groups is 2. The van der Waals surface area contributed by atoms with Crippen LogP contribution in [-0.2, 0) is 20.9 Å². The smallest absolute Gasteiger partial charge is 0.408 e. The SMILES string of the molecule is CC(N)=[N+](C(=N)CCCC(=O)OCc1ccccc1)C1CC2CCC1N2CC[C@H](NC(=O)OC(C)(C)C)c1ccccc1. The molecule has 4 rings (SSSR count). The van der Waals surface area contributed by atoms with Crippen molar-refractivity contribution < 1.29 is 23.6 Å². The Morgan fingerprint density at radius 3 is 2.40 bits per heavy atom. The first-order chi connectivity index (χ1) is 20.5. The molecule has 2 aromatic carbocycles. The molecule has 1 amide bonds. The lowest BCUT2D eigenvalue weighted by Gasteiger charge is -2.28. The third-order valence-electron chi connectivity index (χ3n) is 8.26. The maximum absolute atomic E-state index is 12.7. The summed E-state index contributed by atoms with van der Waals surface area (Å²) < 4.78 is 12.9. The average Bonchev–Trinajstić information content (AvgIpc) is 3.51. The summed E-state index contributed by atoms with van der Waals surface area (Å²) in [6.07, 6.45) is 4.70. The molecule has 232 valence electrons. The van der Waals surface area contributed by atoms with E-state index in [1.807, 2.05) is 92.9 Å². The van der Waals surface area contributed by atoms with Crippen LogP contribution in [0.2, 0.25) is 0 Å². The van der Waals surface area contributed by atoms with Gasteiger partial charge in [-0.3, -0.25) is 9.69 Å². The molecule has 2 saturated heterocycles. The Labute approximate surface area is 255 Å². The van der Waals surface area contributed by atoms with Crippen molar-refractivity contribution >= 4 is 23.7 Å². The van der Waals surface area contributed by atoms with Gasteiger partial charge >= 0.3 is 12.1 Å². The van der Waals surface area contributed by atoms with Crippen LogP contribution in [0.5, 0.6) is 0 Å². The summed E-state index contributed by atoms with van der Waals surface area (Å²) in [6.45, 7) is 8.53. The van der Waals surface area contributed by atoms with Gasteiger partial charge in [0.1, 0.15) is 12.2 Å². The highest BCUT2D eigenvalue weighted by atomic mass is 16.6. The number of carbonyl (C=O) groups excluding carboxylic acids is 2. The van der Waals surface area contributed by atoms with Gasteiger partial charge in [0, 0.05) is 38.4 Å². The molecule has 0 aromatic heterocycles. The highest BCUT2D eigenvalue weighted by molar-refractivity contribution is 5.82. The van der Waals surface area contributed by atoms with Crippen LogP contribution >= 0.6 is 0 Å². The molecule has 0 spiro atoms. The van der Waals surface area contributed by atoms with Crippen molar-refractivity contribution in [2.45, 2.75) is 109 Å². The molecule has 2 bridgehead atoms. The maximum atomic E-state index is 12.7. The standard InChI is InChI=1S/C34H47N5O4/c1-24(35)39(31(36)16-11-17-32(40)42-23-25-12-7-5-8-13-25)30-22-27-18-19-29(30)38(27)21-20-28(26-14-9-6-10-15-26)37-33(41)43-34(2,3)4/h5-10,12-15,27-30,35-36H,11,16-23H2,1-4H3,(H,37,41)/p+1/t27?,28-,29?,30?/m0/s1. The predicted octanol–water partition coefficient (Wildman–Crippen LogP) is 5.53. The lowest BCUT2D eigenvalue weighted by molar-refractivity contribution is -0.464. The van der Waals surface area contributed by atoms with Crippen molar-refractivity contribution in [3.8, 4) is 0 Å². The molecular formula is C34H48N5O4+. The quantitative estimate of drug-likeness (QED) is 0.129. The van der Waals surface area contributed by atoms with E-state index in [9.17, 15) is 9.59 Å². The molecule has 2 aromatic rings. The third-order valence-corrected chi connectivity index (χ3v) is 8.26. The van der Waals surface area contributed by atoms with Gasteiger partial charge in [0.15, 0.2) is 5.84 Å². The molecule has 2 aliphatic rings. The number of ether oxygens (including phenoxy) is 2. The Kier molecular flexibility index (Phi) is 11.0. The number of alkyl carbamates (subject to hydrolysis) is 1. The summed E-state index contributed by atoms with van der Waals surface area (Å²) in [4.78, 5) is 27.5. The van der Waals surface area contributed by atoms with Crippen LogP contribution in [0.3, 0.4) is 0 Å². The summed E-state index contributed by atoms with van der Waals surface area (Å²) in [7, 11) is 0. The average molecular weight is 591 g/mol. The minimum Gasteiger partial charge on any atom is -0.461 e. The fourth-order valence-electron chi connectivity index (χ4n) is 6.43. The predicted molar refractivity (Wildman–Crippen MR) is 168 cm³/mol. The summed E-state index contributed by atoms with van der Waals surface area (Å²) in [6, 6.07) is 20.3. The van der Waals surface area contributed by atoms with Crippen LogP contribution in [0.15, 0.2) is 60.7 Å². The molecule has 9 nitrogen and oxygen atoms in total. The maximum Gasteiger partial charge on any atom is 0.408 e. The van der Waals surface area contributed by atoms with Crippen LogP contribution < -0.4 is 11.1 Å². The number of nitrogens with two attached hydrogens (primary N) is 1. The molecule has 43 heavy (non-hydrogen) atoms. The fraction of sp³-hybridized carbons (Fsp3) is 0.529. The zero-order valence-corrected chi connectivity index (χ0v) is 26.1. The molecule has 2 fully saturated rings. The normalized spacial score (nSPS) is 21.2. The number of rotatable bonds is 12. The van der Waals surface area contributed by atoms with Crippen LogP contribution in [0, 0.1) is 5.41 Å². The summed E-state index contributed by atoms with van der Waals surface area (Å²) in [5, 5.41) is 12.0. The summed E-state index contributed by atoms with van der Waals surface area (Å²) in [5.41, 5.74) is 7.81. The van der Waals surface area contributed by atoms with Crippen molar-refractivity contribution in [2.75, 3.05) is 6.54 Å². The van der Waals surface area contributed by atoms with E-state index < -0.39 is 11.7 Å². The van der Waals surface area contributed by atoms with E-state index in [-0.39, 0.29) is 37.1 Å². The van der Waals surface area contributed by atoms with Gasteiger partial charge in [0.25, 0.3) is 0 Å². The van der Waals surface area contributed by atoms with Gasteiger partial charge in [0.2, 0.25) is 5.84 Å². The van der Waals surface area contributed by atoms with Crippen LogP contribution in [0.25, 0.3) is 0 Å². The number of hydrogen-bond donors (Lipinski definition) is 3. The molecule has 2 heterocycles. The summed E-state index contributed by atoms with van der Waals surface area (Å²) in [5.74, 6) is 0.806. The second kappa shape index (κ2) is 14.6. The van der Waals surface area contributed by atoms with E-state index in [0.29, 0.717) is 30.6 Å². The zero-order valence-electron chi connectivity index (χ0n) is 26.1. The molecular weight excluding hydrogens is 542 g/mol. The largest absolute Gasteiger partial charge is 0.461 e.